The van der Waals surface area contributed by atoms with Crippen molar-refractivity contribution in [1.29, 1.82) is 0 Å². The van der Waals surface area contributed by atoms with Crippen LogP contribution in [0.2, 0.25) is 0 Å². The summed E-state index contributed by atoms with van der Waals surface area (Å²) in [6.45, 7) is 5.42. The van der Waals surface area contributed by atoms with Crippen molar-refractivity contribution in [2.75, 3.05) is 13.2 Å². The van der Waals surface area contributed by atoms with E-state index in [2.05, 4.69) is 19.1 Å². The molecule has 1 amide bonds. The summed E-state index contributed by atoms with van der Waals surface area (Å²) in [6.07, 6.45) is 6.35. The number of furan rings is 1. The van der Waals surface area contributed by atoms with E-state index in [1.54, 1.807) is 0 Å². The van der Waals surface area contributed by atoms with Crippen LogP contribution in [0.15, 0.2) is 22.6 Å². The van der Waals surface area contributed by atoms with Crippen LogP contribution < -0.4 is 0 Å². The third-order valence-corrected chi connectivity index (χ3v) is 5.66. The van der Waals surface area contributed by atoms with Crippen molar-refractivity contribution in [2.45, 2.75) is 58.1 Å². The fourth-order valence-electron chi connectivity index (χ4n) is 4.23. The van der Waals surface area contributed by atoms with E-state index in [1.807, 2.05) is 17.9 Å². The predicted octanol–water partition coefficient (Wildman–Crippen LogP) is 4.44. The number of ether oxygens (including phenoxy) is 1. The lowest BCUT2D eigenvalue weighted by atomic mass is 9.90. The summed E-state index contributed by atoms with van der Waals surface area (Å²) in [5, 5.41) is 1.05. The Labute approximate surface area is 142 Å². The van der Waals surface area contributed by atoms with Gasteiger partial charge in [0.2, 0.25) is 0 Å². The minimum Gasteiger partial charge on any atom is -0.451 e. The Morgan fingerprint density at radius 1 is 1.25 bits per heavy atom. The standard InChI is InChI=1S/C20H25NO3/c1-3-15-7-8-17-16(13-15)14(2)18(24-17)19(22)21-11-12-23-20(21)9-5-4-6-10-20/h7-8,13H,3-6,9-12H2,1-2H3. The van der Waals surface area contributed by atoms with Crippen molar-refractivity contribution >= 4 is 16.9 Å². The van der Waals surface area contributed by atoms with Crippen LogP contribution in [0.3, 0.4) is 0 Å². The van der Waals surface area contributed by atoms with Crippen LogP contribution in [0.4, 0.5) is 0 Å². The highest BCUT2D eigenvalue weighted by atomic mass is 16.5. The van der Waals surface area contributed by atoms with E-state index in [9.17, 15) is 4.79 Å². The summed E-state index contributed by atoms with van der Waals surface area (Å²) in [6, 6.07) is 6.19. The Morgan fingerprint density at radius 3 is 2.79 bits per heavy atom. The molecule has 4 rings (SSSR count). The van der Waals surface area contributed by atoms with Gasteiger partial charge in [-0.25, -0.2) is 0 Å². The average Bonchev–Trinajstić information content (AvgIpc) is 3.16. The molecular weight excluding hydrogens is 302 g/mol. The first-order chi connectivity index (χ1) is 11.6. The van der Waals surface area contributed by atoms with Gasteiger partial charge in [0.25, 0.3) is 5.91 Å². The monoisotopic (exact) mass is 327 g/mol. The quantitative estimate of drug-likeness (QED) is 0.819. The van der Waals surface area contributed by atoms with E-state index >= 15 is 0 Å². The number of benzene rings is 1. The Hall–Kier alpha value is -1.81. The van der Waals surface area contributed by atoms with Crippen molar-refractivity contribution in [3.63, 3.8) is 0 Å². The normalized spacial score (nSPS) is 20.2. The molecule has 1 aliphatic heterocycles. The van der Waals surface area contributed by atoms with E-state index in [0.717, 1.165) is 48.6 Å². The number of hydrogen-bond donors (Lipinski definition) is 0. The Bertz CT molecular complexity index is 771. The SMILES string of the molecule is CCc1ccc2oc(C(=O)N3CCOC34CCCCC4)c(C)c2c1. The molecule has 1 aromatic heterocycles. The number of rotatable bonds is 2. The lowest BCUT2D eigenvalue weighted by Crippen LogP contribution is -2.49. The van der Waals surface area contributed by atoms with Crippen molar-refractivity contribution in [3.8, 4) is 0 Å². The fourth-order valence-corrected chi connectivity index (χ4v) is 4.23. The highest BCUT2D eigenvalue weighted by Crippen LogP contribution is 2.39. The summed E-state index contributed by atoms with van der Waals surface area (Å²) in [5.74, 6) is 0.467. The van der Waals surface area contributed by atoms with Crippen LogP contribution in [0.5, 0.6) is 0 Å². The van der Waals surface area contributed by atoms with Crippen LogP contribution >= 0.6 is 0 Å². The molecule has 1 aromatic carbocycles. The molecule has 0 unspecified atom stereocenters. The molecule has 0 radical (unpaired) electrons. The Balaban J connectivity index is 1.71. The molecule has 24 heavy (non-hydrogen) atoms. The van der Waals surface area contributed by atoms with Crippen molar-refractivity contribution < 1.29 is 13.9 Å². The van der Waals surface area contributed by atoms with Crippen LogP contribution in [0.25, 0.3) is 11.0 Å². The largest absolute Gasteiger partial charge is 0.451 e. The maximum atomic E-state index is 13.2. The second-order valence-corrected chi connectivity index (χ2v) is 7.05. The summed E-state index contributed by atoms with van der Waals surface area (Å²) in [7, 11) is 0. The van der Waals surface area contributed by atoms with Gasteiger partial charge in [-0.2, -0.15) is 0 Å². The van der Waals surface area contributed by atoms with E-state index in [-0.39, 0.29) is 5.91 Å². The minimum atomic E-state index is -0.394. The number of carbonyl (C=O) groups excluding carboxylic acids is 1. The van der Waals surface area contributed by atoms with Gasteiger partial charge in [-0.1, -0.05) is 19.4 Å². The molecule has 0 atom stereocenters. The van der Waals surface area contributed by atoms with Gasteiger partial charge in [-0.3, -0.25) is 4.79 Å². The van der Waals surface area contributed by atoms with Gasteiger partial charge in [0, 0.05) is 17.5 Å². The summed E-state index contributed by atoms with van der Waals surface area (Å²) in [4.78, 5) is 15.1. The zero-order valence-corrected chi connectivity index (χ0v) is 14.6. The van der Waals surface area contributed by atoms with Crippen LogP contribution in [0.1, 0.15) is 60.7 Å². The van der Waals surface area contributed by atoms with Gasteiger partial charge in [0.15, 0.2) is 5.76 Å². The molecule has 1 saturated heterocycles. The van der Waals surface area contributed by atoms with Gasteiger partial charge in [-0.05, 0) is 56.7 Å². The van der Waals surface area contributed by atoms with Gasteiger partial charge >= 0.3 is 0 Å². The Morgan fingerprint density at radius 2 is 2.04 bits per heavy atom. The molecule has 4 nitrogen and oxygen atoms in total. The van der Waals surface area contributed by atoms with Crippen molar-refractivity contribution in [2.24, 2.45) is 0 Å². The maximum absolute atomic E-state index is 13.2. The minimum absolute atomic E-state index is 0.0128. The first kappa shape index (κ1) is 15.7. The van der Waals surface area contributed by atoms with Gasteiger partial charge in [0.05, 0.1) is 6.61 Å². The molecule has 128 valence electrons. The summed E-state index contributed by atoms with van der Waals surface area (Å²) >= 11 is 0. The molecule has 2 fully saturated rings. The van der Waals surface area contributed by atoms with E-state index in [4.69, 9.17) is 9.15 Å². The number of amides is 1. The summed E-state index contributed by atoms with van der Waals surface area (Å²) in [5.41, 5.74) is 2.61. The molecule has 4 heteroatoms. The molecule has 1 saturated carbocycles. The molecule has 2 heterocycles. The zero-order valence-electron chi connectivity index (χ0n) is 14.6. The van der Waals surface area contributed by atoms with Gasteiger partial charge in [-0.15, -0.1) is 0 Å². The zero-order chi connectivity index (χ0) is 16.7. The third-order valence-electron chi connectivity index (χ3n) is 5.66. The topological polar surface area (TPSA) is 42.7 Å². The van der Waals surface area contributed by atoms with Gasteiger partial charge in [0.1, 0.15) is 11.3 Å². The molecule has 1 aliphatic carbocycles. The number of carbonyl (C=O) groups is 1. The third kappa shape index (κ3) is 2.35. The summed E-state index contributed by atoms with van der Waals surface area (Å²) < 4.78 is 12.0. The smallest absolute Gasteiger partial charge is 0.292 e. The van der Waals surface area contributed by atoms with Crippen LogP contribution in [-0.4, -0.2) is 29.7 Å². The molecule has 2 aliphatic rings. The predicted molar refractivity (Wildman–Crippen MR) is 93.1 cm³/mol. The highest BCUT2D eigenvalue weighted by molar-refractivity contribution is 5.99. The van der Waals surface area contributed by atoms with E-state index < -0.39 is 5.72 Å². The Kier molecular flexibility index (Phi) is 3.87. The maximum Gasteiger partial charge on any atom is 0.292 e. The average molecular weight is 327 g/mol. The lowest BCUT2D eigenvalue weighted by molar-refractivity contribution is -0.0925. The number of nitrogens with zero attached hydrogens (tertiary/aromatic N) is 1. The lowest BCUT2D eigenvalue weighted by Gasteiger charge is -2.39. The molecular formula is C20H25NO3. The second kappa shape index (κ2) is 5.92. The van der Waals surface area contributed by atoms with E-state index in [1.165, 1.54) is 12.0 Å². The second-order valence-electron chi connectivity index (χ2n) is 7.05. The molecule has 0 bridgehead atoms. The molecule has 0 N–H and O–H groups in total. The molecule has 1 spiro atoms. The first-order valence-corrected chi connectivity index (χ1v) is 9.12. The fraction of sp³-hybridized carbons (Fsp3) is 0.550. The van der Waals surface area contributed by atoms with Crippen LogP contribution in [-0.2, 0) is 11.2 Å². The van der Waals surface area contributed by atoms with Gasteiger partial charge < -0.3 is 14.1 Å². The number of aryl methyl sites for hydroxylation is 2. The van der Waals surface area contributed by atoms with Crippen molar-refractivity contribution in [1.82, 2.24) is 4.90 Å². The molecule has 2 aromatic rings. The number of hydrogen-bond acceptors (Lipinski definition) is 3. The van der Waals surface area contributed by atoms with Crippen LogP contribution in [0, 0.1) is 6.92 Å². The van der Waals surface area contributed by atoms with Crippen molar-refractivity contribution in [3.05, 3.63) is 35.1 Å². The van der Waals surface area contributed by atoms with E-state index in [0.29, 0.717) is 18.9 Å². The first-order valence-electron chi connectivity index (χ1n) is 9.12. The number of fused-ring (bicyclic) bond motifs is 1. The highest BCUT2D eigenvalue weighted by Gasteiger charge is 2.46.